The molecule has 2 rings (SSSR count). The molecule has 3 N–H and O–H groups in total. The van der Waals surface area contributed by atoms with E-state index in [0.29, 0.717) is 5.02 Å². The Morgan fingerprint density at radius 1 is 1.58 bits per heavy atom. The van der Waals surface area contributed by atoms with Crippen LogP contribution in [0.4, 0.5) is 11.4 Å². The maximum atomic E-state index is 11.5. The Bertz CT molecular complexity index is 516. The summed E-state index contributed by atoms with van der Waals surface area (Å²) < 4.78 is 0. The van der Waals surface area contributed by atoms with Crippen LogP contribution in [-0.4, -0.2) is 19.5 Å². The minimum atomic E-state index is -0.618. The molecule has 1 aromatic rings. The highest BCUT2D eigenvalue weighted by atomic mass is 35.5. The van der Waals surface area contributed by atoms with Gasteiger partial charge in [-0.05, 0) is 25.0 Å². The van der Waals surface area contributed by atoms with Gasteiger partial charge in [0, 0.05) is 24.8 Å². The number of hydrogen-bond acceptors (Lipinski definition) is 3. The standard InChI is InChI=1S/C14H18ClN3O/c1-3-4-5-6-18(2)12-8-11-9(7-10(12)15)13(16)14(19)17-11/h3,7-8,13H,1,4-6,16H2,2H3,(H,17,19). The number of allylic oxidation sites excluding steroid dienone is 1. The fourth-order valence-corrected chi connectivity index (χ4v) is 2.50. The first-order chi connectivity index (χ1) is 9.04. The van der Waals surface area contributed by atoms with Gasteiger partial charge in [0.2, 0.25) is 5.91 Å². The molecule has 5 heteroatoms. The number of unbranched alkanes of at least 4 members (excludes halogenated alkanes) is 1. The molecule has 1 aliphatic rings. The lowest BCUT2D eigenvalue weighted by molar-refractivity contribution is -0.116. The van der Waals surface area contributed by atoms with Gasteiger partial charge in [0.15, 0.2) is 0 Å². The molecule has 102 valence electrons. The van der Waals surface area contributed by atoms with E-state index in [1.54, 1.807) is 6.07 Å². The zero-order valence-electron chi connectivity index (χ0n) is 10.9. The van der Waals surface area contributed by atoms with Gasteiger partial charge in [-0.3, -0.25) is 4.79 Å². The molecule has 0 bridgehead atoms. The summed E-state index contributed by atoms with van der Waals surface area (Å²) in [6.45, 7) is 4.59. The summed E-state index contributed by atoms with van der Waals surface area (Å²) in [4.78, 5) is 13.6. The molecule has 0 saturated heterocycles. The van der Waals surface area contributed by atoms with Crippen molar-refractivity contribution in [2.45, 2.75) is 18.9 Å². The lowest BCUT2D eigenvalue weighted by Crippen LogP contribution is -2.19. The van der Waals surface area contributed by atoms with Crippen LogP contribution in [-0.2, 0) is 4.79 Å². The number of amides is 1. The van der Waals surface area contributed by atoms with E-state index in [4.69, 9.17) is 17.3 Å². The average molecular weight is 280 g/mol. The Kier molecular flexibility index (Phi) is 4.12. The Hall–Kier alpha value is -1.52. The maximum Gasteiger partial charge on any atom is 0.245 e. The van der Waals surface area contributed by atoms with Crippen molar-refractivity contribution >= 4 is 28.9 Å². The Morgan fingerprint density at radius 2 is 2.32 bits per heavy atom. The molecule has 1 atom stereocenters. The maximum absolute atomic E-state index is 11.5. The van der Waals surface area contributed by atoms with E-state index in [0.717, 1.165) is 36.3 Å². The van der Waals surface area contributed by atoms with E-state index in [1.165, 1.54) is 0 Å². The number of nitrogens with zero attached hydrogens (tertiary/aromatic N) is 1. The molecule has 0 aromatic heterocycles. The van der Waals surface area contributed by atoms with Crippen molar-refractivity contribution in [2.75, 3.05) is 23.8 Å². The fourth-order valence-electron chi connectivity index (χ4n) is 2.18. The molecule has 1 aromatic carbocycles. The second-order valence-corrected chi connectivity index (χ2v) is 5.12. The molecule has 0 spiro atoms. The SMILES string of the molecule is C=CCCCN(C)c1cc2c(cc1Cl)C(N)C(=O)N2. The van der Waals surface area contributed by atoms with Gasteiger partial charge in [0.1, 0.15) is 6.04 Å². The quantitative estimate of drug-likeness (QED) is 0.644. The number of benzene rings is 1. The number of carbonyl (C=O) groups excluding carboxylic acids is 1. The molecule has 4 nitrogen and oxygen atoms in total. The highest BCUT2D eigenvalue weighted by molar-refractivity contribution is 6.33. The third-order valence-electron chi connectivity index (χ3n) is 3.31. The van der Waals surface area contributed by atoms with Crippen molar-refractivity contribution in [1.82, 2.24) is 0 Å². The minimum absolute atomic E-state index is 0.183. The third kappa shape index (κ3) is 2.74. The normalized spacial score (nSPS) is 17.0. The number of rotatable bonds is 5. The van der Waals surface area contributed by atoms with Crippen LogP contribution in [0.2, 0.25) is 5.02 Å². The number of nitrogens with one attached hydrogen (secondary N) is 1. The van der Waals surface area contributed by atoms with Crippen LogP contribution < -0.4 is 16.0 Å². The third-order valence-corrected chi connectivity index (χ3v) is 3.61. The van der Waals surface area contributed by atoms with Crippen LogP contribution in [0.15, 0.2) is 24.8 Å². The van der Waals surface area contributed by atoms with Crippen molar-refractivity contribution < 1.29 is 4.79 Å². The Balaban J connectivity index is 2.21. The van der Waals surface area contributed by atoms with Crippen LogP contribution in [0, 0.1) is 0 Å². The van der Waals surface area contributed by atoms with Crippen molar-refractivity contribution in [1.29, 1.82) is 0 Å². The van der Waals surface area contributed by atoms with Gasteiger partial charge in [-0.2, -0.15) is 0 Å². The summed E-state index contributed by atoms with van der Waals surface area (Å²) in [6.07, 6.45) is 3.88. The zero-order valence-corrected chi connectivity index (χ0v) is 11.7. The molecular formula is C14H18ClN3O. The van der Waals surface area contributed by atoms with E-state index in [1.807, 2.05) is 19.2 Å². The molecule has 1 unspecified atom stereocenters. The van der Waals surface area contributed by atoms with Gasteiger partial charge < -0.3 is 16.0 Å². The zero-order chi connectivity index (χ0) is 14.0. The topological polar surface area (TPSA) is 58.4 Å². The first-order valence-corrected chi connectivity index (χ1v) is 6.64. The number of halogens is 1. The van der Waals surface area contributed by atoms with Crippen LogP contribution in [0.5, 0.6) is 0 Å². The monoisotopic (exact) mass is 279 g/mol. The molecule has 1 heterocycles. The predicted molar refractivity (Wildman–Crippen MR) is 79.7 cm³/mol. The fraction of sp³-hybridized carbons (Fsp3) is 0.357. The van der Waals surface area contributed by atoms with E-state index < -0.39 is 6.04 Å². The average Bonchev–Trinajstić information content (AvgIpc) is 2.65. The van der Waals surface area contributed by atoms with Gasteiger partial charge in [-0.25, -0.2) is 0 Å². The molecule has 0 saturated carbocycles. The summed E-state index contributed by atoms with van der Waals surface area (Å²) in [5.41, 5.74) is 8.21. The van der Waals surface area contributed by atoms with Gasteiger partial charge in [-0.1, -0.05) is 17.7 Å². The van der Waals surface area contributed by atoms with Crippen molar-refractivity contribution in [3.05, 3.63) is 35.4 Å². The lowest BCUT2D eigenvalue weighted by Gasteiger charge is -2.21. The number of fused-ring (bicyclic) bond motifs is 1. The molecule has 0 aliphatic carbocycles. The van der Waals surface area contributed by atoms with E-state index in [2.05, 4.69) is 16.8 Å². The molecule has 1 amide bonds. The smallest absolute Gasteiger partial charge is 0.245 e. The second kappa shape index (κ2) is 5.63. The molecule has 0 radical (unpaired) electrons. The second-order valence-electron chi connectivity index (χ2n) is 4.71. The number of carbonyl (C=O) groups is 1. The van der Waals surface area contributed by atoms with Crippen LogP contribution >= 0.6 is 11.6 Å². The number of anilines is 2. The van der Waals surface area contributed by atoms with Crippen LogP contribution in [0.3, 0.4) is 0 Å². The summed E-state index contributed by atoms with van der Waals surface area (Å²) in [6, 6.07) is 3.04. The van der Waals surface area contributed by atoms with Crippen LogP contribution in [0.25, 0.3) is 0 Å². The van der Waals surface area contributed by atoms with Crippen molar-refractivity contribution in [2.24, 2.45) is 5.73 Å². The summed E-state index contributed by atoms with van der Waals surface area (Å²) >= 11 is 6.27. The Morgan fingerprint density at radius 3 is 3.00 bits per heavy atom. The van der Waals surface area contributed by atoms with Gasteiger partial charge in [-0.15, -0.1) is 6.58 Å². The first-order valence-electron chi connectivity index (χ1n) is 6.26. The van der Waals surface area contributed by atoms with E-state index in [9.17, 15) is 4.79 Å². The van der Waals surface area contributed by atoms with Gasteiger partial charge >= 0.3 is 0 Å². The molecule has 19 heavy (non-hydrogen) atoms. The number of hydrogen-bond donors (Lipinski definition) is 2. The minimum Gasteiger partial charge on any atom is -0.373 e. The first kappa shape index (κ1) is 13.9. The largest absolute Gasteiger partial charge is 0.373 e. The van der Waals surface area contributed by atoms with Gasteiger partial charge in [0.05, 0.1) is 10.7 Å². The highest BCUT2D eigenvalue weighted by Crippen LogP contribution is 2.37. The predicted octanol–water partition coefficient (Wildman–Crippen LogP) is 2.69. The number of nitrogens with two attached hydrogens (primary N) is 1. The van der Waals surface area contributed by atoms with Crippen molar-refractivity contribution in [3.63, 3.8) is 0 Å². The molecular weight excluding hydrogens is 262 g/mol. The van der Waals surface area contributed by atoms with E-state index >= 15 is 0 Å². The van der Waals surface area contributed by atoms with Crippen molar-refractivity contribution in [3.8, 4) is 0 Å². The summed E-state index contributed by atoms with van der Waals surface area (Å²) in [7, 11) is 1.98. The summed E-state index contributed by atoms with van der Waals surface area (Å²) in [5, 5.41) is 3.39. The highest BCUT2D eigenvalue weighted by Gasteiger charge is 2.28. The van der Waals surface area contributed by atoms with Crippen LogP contribution in [0.1, 0.15) is 24.4 Å². The Labute approximate surface area is 118 Å². The lowest BCUT2D eigenvalue weighted by atomic mass is 10.1. The van der Waals surface area contributed by atoms with Gasteiger partial charge in [0.25, 0.3) is 0 Å². The summed E-state index contributed by atoms with van der Waals surface area (Å²) in [5.74, 6) is -0.183. The molecule has 1 aliphatic heterocycles. The molecule has 0 fully saturated rings. The van der Waals surface area contributed by atoms with E-state index in [-0.39, 0.29) is 5.91 Å².